The summed E-state index contributed by atoms with van der Waals surface area (Å²) < 4.78 is 9.79. The molecule has 0 saturated carbocycles. The molecule has 112 valence electrons. The average Bonchev–Trinajstić information content (AvgIpc) is 2.38. The van der Waals surface area contributed by atoms with Crippen molar-refractivity contribution in [1.82, 2.24) is 10.2 Å². The van der Waals surface area contributed by atoms with E-state index in [2.05, 4.69) is 5.32 Å². The molecule has 6 nitrogen and oxygen atoms in total. The predicted octanol–water partition coefficient (Wildman–Crippen LogP) is 0.413. The molecule has 0 rings (SSSR count). The van der Waals surface area contributed by atoms with Gasteiger partial charge in [-0.25, -0.2) is 0 Å². The van der Waals surface area contributed by atoms with Gasteiger partial charge in [0.2, 0.25) is 5.91 Å². The maximum absolute atomic E-state index is 11.9. The first-order valence-corrected chi connectivity index (χ1v) is 6.73. The molecule has 0 aliphatic carbocycles. The van der Waals surface area contributed by atoms with E-state index in [4.69, 9.17) is 9.47 Å². The second-order valence-electron chi connectivity index (χ2n) is 4.24. The summed E-state index contributed by atoms with van der Waals surface area (Å²) in [5.41, 5.74) is 0. The van der Waals surface area contributed by atoms with Crippen LogP contribution in [0.25, 0.3) is 0 Å². The van der Waals surface area contributed by atoms with Crippen LogP contribution in [0, 0.1) is 0 Å². The summed E-state index contributed by atoms with van der Waals surface area (Å²) in [5, 5.41) is 2.77. The molecule has 0 saturated heterocycles. The van der Waals surface area contributed by atoms with E-state index in [1.807, 2.05) is 11.8 Å². The average molecular weight is 274 g/mol. The molecule has 1 amide bonds. The van der Waals surface area contributed by atoms with Gasteiger partial charge in [0.05, 0.1) is 25.8 Å². The Morgan fingerprint density at radius 2 is 2.00 bits per heavy atom. The minimum Gasteiger partial charge on any atom is -0.465 e. The van der Waals surface area contributed by atoms with E-state index in [1.54, 1.807) is 21.0 Å². The number of amides is 1. The maximum Gasteiger partial charge on any atom is 0.320 e. The number of rotatable bonds is 10. The second-order valence-corrected chi connectivity index (χ2v) is 4.24. The molecule has 0 aliphatic heterocycles. The van der Waals surface area contributed by atoms with Crippen LogP contribution in [-0.2, 0) is 19.1 Å². The molecule has 6 heteroatoms. The molecule has 0 fully saturated rings. The lowest BCUT2D eigenvalue weighted by molar-refractivity contribution is -0.145. The van der Waals surface area contributed by atoms with Crippen LogP contribution in [0.5, 0.6) is 0 Å². The molecule has 19 heavy (non-hydrogen) atoms. The van der Waals surface area contributed by atoms with Crippen molar-refractivity contribution in [2.45, 2.75) is 33.2 Å². The van der Waals surface area contributed by atoms with Gasteiger partial charge in [-0.15, -0.1) is 0 Å². The number of methoxy groups -OCH3 is 1. The van der Waals surface area contributed by atoms with Gasteiger partial charge in [0.25, 0.3) is 0 Å². The number of hydrogen-bond acceptors (Lipinski definition) is 5. The van der Waals surface area contributed by atoms with Gasteiger partial charge in [0, 0.05) is 13.7 Å². The molecule has 0 heterocycles. The minimum absolute atomic E-state index is 0.102. The lowest BCUT2D eigenvalue weighted by Gasteiger charge is -2.26. The van der Waals surface area contributed by atoms with Crippen LogP contribution in [0.4, 0.5) is 0 Å². The van der Waals surface area contributed by atoms with Crippen molar-refractivity contribution >= 4 is 11.9 Å². The van der Waals surface area contributed by atoms with Crippen LogP contribution in [-0.4, -0.2) is 62.8 Å². The Bertz CT molecular complexity index is 271. The Kier molecular flexibility index (Phi) is 10.1. The summed E-state index contributed by atoms with van der Waals surface area (Å²) in [6.07, 6.45) is 0.870. The first-order valence-electron chi connectivity index (χ1n) is 6.73. The Morgan fingerprint density at radius 1 is 1.32 bits per heavy atom. The Morgan fingerprint density at radius 3 is 2.53 bits per heavy atom. The van der Waals surface area contributed by atoms with E-state index in [1.165, 1.54) is 0 Å². The van der Waals surface area contributed by atoms with E-state index in [-0.39, 0.29) is 24.5 Å². The standard InChI is InChI=1S/C13H26N2O4/c1-5-8-15(10-12(16)19-6-2)11(3)13(17)14-7-9-18-4/h11H,5-10H2,1-4H3,(H,14,17). The number of carbonyl (C=O) groups is 2. The summed E-state index contributed by atoms with van der Waals surface area (Å²) in [6.45, 7) is 7.68. The van der Waals surface area contributed by atoms with Crippen LogP contribution in [0.2, 0.25) is 0 Å². The third kappa shape index (κ3) is 7.79. The van der Waals surface area contributed by atoms with Crippen molar-refractivity contribution in [2.75, 3.05) is 40.0 Å². The molecule has 1 N–H and O–H groups in total. The predicted molar refractivity (Wildman–Crippen MR) is 72.8 cm³/mol. The van der Waals surface area contributed by atoms with E-state index >= 15 is 0 Å². The van der Waals surface area contributed by atoms with Crippen LogP contribution in [0.15, 0.2) is 0 Å². The van der Waals surface area contributed by atoms with E-state index < -0.39 is 0 Å². The Hall–Kier alpha value is -1.14. The third-order valence-corrected chi connectivity index (χ3v) is 2.68. The molecule has 0 radical (unpaired) electrons. The van der Waals surface area contributed by atoms with E-state index in [0.717, 1.165) is 6.42 Å². The van der Waals surface area contributed by atoms with Gasteiger partial charge >= 0.3 is 5.97 Å². The Labute approximate surface area is 115 Å². The molecule has 0 bridgehead atoms. The van der Waals surface area contributed by atoms with Crippen molar-refractivity contribution in [2.24, 2.45) is 0 Å². The number of esters is 1. The molecule has 0 aromatic carbocycles. The fourth-order valence-electron chi connectivity index (χ4n) is 1.66. The van der Waals surface area contributed by atoms with Crippen LogP contribution in [0.3, 0.4) is 0 Å². The van der Waals surface area contributed by atoms with E-state index in [0.29, 0.717) is 26.3 Å². The number of ether oxygens (including phenoxy) is 2. The molecule has 0 aromatic heterocycles. The molecular weight excluding hydrogens is 248 g/mol. The highest BCUT2D eigenvalue weighted by molar-refractivity contribution is 5.82. The zero-order valence-corrected chi connectivity index (χ0v) is 12.4. The largest absolute Gasteiger partial charge is 0.465 e. The topological polar surface area (TPSA) is 67.9 Å². The molecule has 0 aromatic rings. The highest BCUT2D eigenvalue weighted by Gasteiger charge is 2.22. The van der Waals surface area contributed by atoms with Gasteiger partial charge in [0.15, 0.2) is 0 Å². The Balaban J connectivity index is 4.33. The fourth-order valence-corrected chi connectivity index (χ4v) is 1.66. The van der Waals surface area contributed by atoms with E-state index in [9.17, 15) is 9.59 Å². The number of nitrogens with zero attached hydrogens (tertiary/aromatic N) is 1. The number of nitrogens with one attached hydrogen (secondary N) is 1. The SMILES string of the molecule is CCCN(CC(=O)OCC)C(C)C(=O)NCCOC. The normalized spacial score (nSPS) is 12.3. The van der Waals surface area contributed by atoms with Gasteiger partial charge in [0.1, 0.15) is 0 Å². The molecule has 1 atom stereocenters. The number of hydrogen-bond donors (Lipinski definition) is 1. The summed E-state index contributed by atoms with van der Waals surface area (Å²) in [6, 6.07) is -0.360. The smallest absolute Gasteiger partial charge is 0.320 e. The highest BCUT2D eigenvalue weighted by Crippen LogP contribution is 2.02. The van der Waals surface area contributed by atoms with Crippen LogP contribution >= 0.6 is 0 Å². The summed E-state index contributed by atoms with van der Waals surface area (Å²) in [4.78, 5) is 25.2. The molecule has 0 spiro atoms. The third-order valence-electron chi connectivity index (χ3n) is 2.68. The van der Waals surface area contributed by atoms with Gasteiger partial charge < -0.3 is 14.8 Å². The van der Waals surface area contributed by atoms with Crippen molar-refractivity contribution in [1.29, 1.82) is 0 Å². The minimum atomic E-state index is -0.360. The zero-order valence-electron chi connectivity index (χ0n) is 12.4. The van der Waals surface area contributed by atoms with Crippen LogP contribution < -0.4 is 5.32 Å². The first kappa shape index (κ1) is 17.9. The molecule has 0 aliphatic rings. The van der Waals surface area contributed by atoms with Gasteiger partial charge in [-0.3, -0.25) is 14.5 Å². The summed E-state index contributed by atoms with van der Waals surface area (Å²) in [5.74, 6) is -0.401. The zero-order chi connectivity index (χ0) is 14.7. The van der Waals surface area contributed by atoms with Crippen molar-refractivity contribution in [3.63, 3.8) is 0 Å². The van der Waals surface area contributed by atoms with Crippen LogP contribution in [0.1, 0.15) is 27.2 Å². The highest BCUT2D eigenvalue weighted by atomic mass is 16.5. The molecule has 1 unspecified atom stereocenters. The summed E-state index contributed by atoms with van der Waals surface area (Å²) in [7, 11) is 1.58. The number of carbonyl (C=O) groups excluding carboxylic acids is 2. The van der Waals surface area contributed by atoms with Crippen molar-refractivity contribution in [3.05, 3.63) is 0 Å². The van der Waals surface area contributed by atoms with Gasteiger partial charge in [-0.2, -0.15) is 0 Å². The summed E-state index contributed by atoms with van der Waals surface area (Å²) >= 11 is 0. The monoisotopic (exact) mass is 274 g/mol. The second kappa shape index (κ2) is 10.8. The lowest BCUT2D eigenvalue weighted by atomic mass is 10.2. The van der Waals surface area contributed by atoms with Crippen molar-refractivity contribution in [3.8, 4) is 0 Å². The van der Waals surface area contributed by atoms with Crippen molar-refractivity contribution < 1.29 is 19.1 Å². The molecular formula is C13H26N2O4. The lowest BCUT2D eigenvalue weighted by Crippen LogP contribution is -2.48. The maximum atomic E-state index is 11.9. The first-order chi connectivity index (χ1) is 9.06. The fraction of sp³-hybridized carbons (Fsp3) is 0.846. The quantitative estimate of drug-likeness (QED) is 0.462. The van der Waals surface area contributed by atoms with Gasteiger partial charge in [-0.1, -0.05) is 6.92 Å². The van der Waals surface area contributed by atoms with Gasteiger partial charge in [-0.05, 0) is 26.8 Å².